The summed E-state index contributed by atoms with van der Waals surface area (Å²) in [6, 6.07) is 13.0. The molecular formula is C32H36N2O3S2. The molecule has 0 unspecified atom stereocenters. The Bertz CT molecular complexity index is 1380. The summed E-state index contributed by atoms with van der Waals surface area (Å²) in [5.74, 6) is 1.19. The summed E-state index contributed by atoms with van der Waals surface area (Å²) < 4.78 is 6.09. The van der Waals surface area contributed by atoms with Crippen LogP contribution in [0.3, 0.4) is 0 Å². The Hall–Kier alpha value is -2.42. The number of likely N-dealkylation sites (N-methyl/N-ethyl adjacent to an activating group) is 2. The van der Waals surface area contributed by atoms with Gasteiger partial charge in [0.05, 0.1) is 0 Å². The molecule has 5 aliphatic rings. The van der Waals surface area contributed by atoms with Gasteiger partial charge in [0.1, 0.15) is 12.2 Å². The summed E-state index contributed by atoms with van der Waals surface area (Å²) in [5.41, 5.74) is 5.39. The highest BCUT2D eigenvalue weighted by Crippen LogP contribution is 2.62. The Morgan fingerprint density at radius 1 is 1.03 bits per heavy atom. The molecule has 2 saturated heterocycles. The fourth-order valence-corrected chi connectivity index (χ4v) is 9.53. The van der Waals surface area contributed by atoms with Gasteiger partial charge < -0.3 is 24.7 Å². The molecule has 0 amide bonds. The Kier molecular flexibility index (Phi) is 6.48. The van der Waals surface area contributed by atoms with Crippen LogP contribution in [0.5, 0.6) is 11.5 Å². The van der Waals surface area contributed by atoms with Gasteiger partial charge in [-0.15, -0.1) is 22.7 Å². The first-order valence-corrected chi connectivity index (χ1v) is 15.8. The molecule has 2 N–H and O–H groups in total. The van der Waals surface area contributed by atoms with E-state index in [2.05, 4.69) is 65.0 Å². The van der Waals surface area contributed by atoms with Crippen LogP contribution in [0.2, 0.25) is 0 Å². The molecular weight excluding hydrogens is 524 g/mol. The average Bonchev–Trinajstić information content (AvgIpc) is 3.70. The van der Waals surface area contributed by atoms with Crippen LogP contribution in [0.1, 0.15) is 40.1 Å². The first-order valence-electron chi connectivity index (χ1n) is 14.0. The van der Waals surface area contributed by atoms with Crippen LogP contribution in [0.25, 0.3) is 5.57 Å². The number of hydrogen-bond donors (Lipinski definition) is 2. The Morgan fingerprint density at radius 2 is 1.79 bits per heavy atom. The van der Waals surface area contributed by atoms with Gasteiger partial charge in [0.15, 0.2) is 11.5 Å². The van der Waals surface area contributed by atoms with Crippen molar-refractivity contribution in [3.05, 3.63) is 85.8 Å². The predicted octanol–water partition coefficient (Wildman–Crippen LogP) is 5.54. The van der Waals surface area contributed by atoms with E-state index in [-0.39, 0.29) is 17.3 Å². The minimum absolute atomic E-state index is 0.160. The molecule has 204 valence electrons. The first kappa shape index (κ1) is 25.5. The second kappa shape index (κ2) is 9.89. The fraction of sp³-hybridized carbons (Fsp3) is 0.438. The highest BCUT2D eigenvalue weighted by Gasteiger charge is 2.64. The molecule has 2 bridgehead atoms. The van der Waals surface area contributed by atoms with Gasteiger partial charge in [-0.2, -0.15) is 0 Å². The number of piperidine rings is 2. The van der Waals surface area contributed by atoms with Crippen molar-refractivity contribution in [1.29, 1.82) is 0 Å². The third-order valence-electron chi connectivity index (χ3n) is 9.52. The zero-order chi connectivity index (χ0) is 26.7. The molecule has 2 aromatic heterocycles. The lowest BCUT2D eigenvalue weighted by Crippen LogP contribution is -2.64. The zero-order valence-corrected chi connectivity index (χ0v) is 24.2. The third kappa shape index (κ3) is 4.05. The van der Waals surface area contributed by atoms with Gasteiger partial charge in [-0.1, -0.05) is 30.4 Å². The fourth-order valence-electron chi connectivity index (χ4n) is 7.80. The molecule has 7 heteroatoms. The maximum Gasteiger partial charge on any atom is 0.165 e. The van der Waals surface area contributed by atoms with E-state index < -0.39 is 6.10 Å². The molecule has 1 spiro atoms. The number of phenolic OH excluding ortho intramolecular Hbond substituents is 1. The van der Waals surface area contributed by atoms with Gasteiger partial charge >= 0.3 is 0 Å². The van der Waals surface area contributed by atoms with Crippen molar-refractivity contribution >= 4 is 28.2 Å². The standard InChI is InChI=1S/C17H19NO3.C15H17NS2/c1-18-7-6-17-10-3-5-13(20)16(17)21-15-12(19)4-2-9(14(15)17)8-11(10)18;1-16-8-2-5-12(11-16)15(13-6-3-9-17-13)14-7-4-10-18-14/h2-5,10-11,13,16,19-20H,6-8H2,1H3;3-4,6-7,9-10H,2,5,8,11H2,1H3/t10-,11+,13-,16-,17-;/m0./s1. The monoisotopic (exact) mass is 560 g/mol. The van der Waals surface area contributed by atoms with Gasteiger partial charge in [0, 0.05) is 44.8 Å². The van der Waals surface area contributed by atoms with Crippen LogP contribution in [-0.2, 0) is 11.8 Å². The molecule has 3 aliphatic heterocycles. The lowest BCUT2D eigenvalue weighted by Gasteiger charge is -2.56. The van der Waals surface area contributed by atoms with Gasteiger partial charge in [-0.25, -0.2) is 0 Å². The molecule has 0 radical (unpaired) electrons. The quantitative estimate of drug-likeness (QED) is 0.404. The number of aliphatic hydroxyl groups excluding tert-OH is 1. The normalized spacial score (nSPS) is 30.8. The SMILES string of the molecule is CN1CCCC(=C(c2cccs2)c2cccs2)C1.CN1CC[C@]23c4c5ccc(O)c4O[C@H]2[C@@H](O)C=C[C@H]3[C@H]1C5. The van der Waals surface area contributed by atoms with Crippen LogP contribution >= 0.6 is 22.7 Å². The van der Waals surface area contributed by atoms with Gasteiger partial charge in [0.25, 0.3) is 0 Å². The predicted molar refractivity (Wildman–Crippen MR) is 159 cm³/mol. The third-order valence-corrected chi connectivity index (χ3v) is 11.3. The Morgan fingerprint density at radius 3 is 2.49 bits per heavy atom. The van der Waals surface area contributed by atoms with E-state index in [9.17, 15) is 10.2 Å². The second-order valence-corrected chi connectivity index (χ2v) is 13.6. The van der Waals surface area contributed by atoms with Crippen molar-refractivity contribution in [2.45, 2.75) is 49.3 Å². The number of benzene rings is 1. The molecule has 3 aromatic rings. The van der Waals surface area contributed by atoms with E-state index in [1.165, 1.54) is 45.8 Å². The zero-order valence-electron chi connectivity index (χ0n) is 22.5. The summed E-state index contributed by atoms with van der Waals surface area (Å²) in [5, 5.41) is 25.0. The number of phenols is 1. The van der Waals surface area contributed by atoms with Gasteiger partial charge in [-0.3, -0.25) is 0 Å². The molecule has 2 fully saturated rings. The molecule has 2 aliphatic carbocycles. The Balaban J connectivity index is 0.000000132. The summed E-state index contributed by atoms with van der Waals surface area (Å²) in [7, 11) is 4.41. The number of aliphatic hydroxyl groups is 1. The van der Waals surface area contributed by atoms with Crippen molar-refractivity contribution in [2.75, 3.05) is 33.7 Å². The minimum Gasteiger partial charge on any atom is -0.504 e. The lowest BCUT2D eigenvalue weighted by atomic mass is 9.53. The van der Waals surface area contributed by atoms with Crippen molar-refractivity contribution in [3.8, 4) is 11.5 Å². The van der Waals surface area contributed by atoms with E-state index >= 15 is 0 Å². The van der Waals surface area contributed by atoms with E-state index in [1.807, 2.05) is 34.8 Å². The number of ether oxygens (including phenoxy) is 1. The second-order valence-electron chi connectivity index (χ2n) is 11.7. The highest BCUT2D eigenvalue weighted by molar-refractivity contribution is 7.13. The molecule has 0 saturated carbocycles. The molecule has 5 atom stereocenters. The lowest BCUT2D eigenvalue weighted by molar-refractivity contribution is -0.0453. The van der Waals surface area contributed by atoms with Crippen LogP contribution in [0.4, 0.5) is 0 Å². The number of aromatic hydroxyl groups is 1. The maximum atomic E-state index is 10.4. The molecule has 39 heavy (non-hydrogen) atoms. The largest absolute Gasteiger partial charge is 0.504 e. The van der Waals surface area contributed by atoms with E-state index in [4.69, 9.17) is 4.74 Å². The van der Waals surface area contributed by atoms with Crippen molar-refractivity contribution in [1.82, 2.24) is 9.80 Å². The number of likely N-dealkylation sites (tertiary alicyclic amines) is 2. The van der Waals surface area contributed by atoms with Crippen LogP contribution < -0.4 is 4.74 Å². The van der Waals surface area contributed by atoms with Gasteiger partial charge in [-0.05, 0) is 93.0 Å². The summed E-state index contributed by atoms with van der Waals surface area (Å²) in [6.07, 6.45) is 7.71. The van der Waals surface area contributed by atoms with E-state index in [1.54, 1.807) is 11.6 Å². The smallest absolute Gasteiger partial charge is 0.165 e. The average molecular weight is 561 g/mol. The van der Waals surface area contributed by atoms with Crippen LogP contribution in [0.15, 0.2) is 64.9 Å². The number of hydrogen-bond acceptors (Lipinski definition) is 7. The van der Waals surface area contributed by atoms with E-state index in [0.29, 0.717) is 17.7 Å². The first-order chi connectivity index (χ1) is 19.0. The van der Waals surface area contributed by atoms with Crippen molar-refractivity contribution in [2.24, 2.45) is 5.92 Å². The molecule has 8 rings (SSSR count). The Labute approximate surface area is 238 Å². The van der Waals surface area contributed by atoms with Crippen molar-refractivity contribution < 1.29 is 14.9 Å². The topological polar surface area (TPSA) is 56.2 Å². The summed E-state index contributed by atoms with van der Waals surface area (Å²) in [4.78, 5) is 7.70. The molecule has 1 aromatic carbocycles. The van der Waals surface area contributed by atoms with Gasteiger partial charge in [0.2, 0.25) is 0 Å². The highest BCUT2D eigenvalue weighted by atomic mass is 32.1. The van der Waals surface area contributed by atoms with Crippen LogP contribution in [0, 0.1) is 5.92 Å². The summed E-state index contributed by atoms with van der Waals surface area (Å²) >= 11 is 3.71. The number of rotatable bonds is 2. The van der Waals surface area contributed by atoms with Crippen LogP contribution in [-0.4, -0.2) is 72.0 Å². The van der Waals surface area contributed by atoms with Crippen molar-refractivity contribution in [3.63, 3.8) is 0 Å². The maximum absolute atomic E-state index is 10.4. The molecule has 5 heterocycles. The number of nitrogens with zero attached hydrogens (tertiary/aromatic N) is 2. The number of thiophene rings is 2. The summed E-state index contributed by atoms with van der Waals surface area (Å²) in [6.45, 7) is 3.35. The van der Waals surface area contributed by atoms with E-state index in [0.717, 1.165) is 25.9 Å². The molecule has 5 nitrogen and oxygen atoms in total. The minimum atomic E-state index is -0.594.